The van der Waals surface area contributed by atoms with Gasteiger partial charge in [-0.2, -0.15) is 0 Å². The van der Waals surface area contributed by atoms with Crippen LogP contribution in [0.4, 0.5) is 11.4 Å². The topological polar surface area (TPSA) is 92.9 Å². The van der Waals surface area contributed by atoms with E-state index >= 15 is 0 Å². The molecule has 2 aromatic rings. The van der Waals surface area contributed by atoms with Gasteiger partial charge in [-0.05, 0) is 30.3 Å². The van der Waals surface area contributed by atoms with E-state index < -0.39 is 10.0 Å². The summed E-state index contributed by atoms with van der Waals surface area (Å²) in [4.78, 5) is -0.0316. The van der Waals surface area contributed by atoms with Crippen LogP contribution in [-0.4, -0.2) is 27.7 Å². The number of rotatable bonds is 4. The number of nitrogens with two attached hydrogens (primary N) is 1. The Hall–Kier alpha value is -2.41. The van der Waals surface area contributed by atoms with Gasteiger partial charge in [-0.25, -0.2) is 8.42 Å². The van der Waals surface area contributed by atoms with E-state index in [-0.39, 0.29) is 16.4 Å². The number of phenolic OH excluding ortho intramolecular Hbond substituents is 1. The average molecular weight is 308 g/mol. The predicted octanol–water partition coefficient (Wildman–Crippen LogP) is 1.81. The van der Waals surface area contributed by atoms with Gasteiger partial charge in [0.05, 0.1) is 12.8 Å². The Morgan fingerprint density at radius 3 is 2.52 bits per heavy atom. The van der Waals surface area contributed by atoms with Crippen LogP contribution in [-0.2, 0) is 10.0 Å². The fourth-order valence-electron chi connectivity index (χ4n) is 1.87. The van der Waals surface area contributed by atoms with E-state index in [1.165, 1.54) is 38.4 Å². The van der Waals surface area contributed by atoms with Gasteiger partial charge in [-0.1, -0.05) is 6.07 Å². The van der Waals surface area contributed by atoms with Crippen LogP contribution in [0.2, 0.25) is 0 Å². The third-order valence-corrected chi connectivity index (χ3v) is 4.83. The molecule has 0 saturated carbocycles. The first-order valence-electron chi connectivity index (χ1n) is 6.07. The lowest BCUT2D eigenvalue weighted by Crippen LogP contribution is -2.27. The van der Waals surface area contributed by atoms with Gasteiger partial charge in [0, 0.05) is 18.8 Å². The van der Waals surface area contributed by atoms with Crippen LogP contribution in [0.15, 0.2) is 47.4 Å². The molecule has 0 aromatic heterocycles. The van der Waals surface area contributed by atoms with Gasteiger partial charge in [-0.15, -0.1) is 0 Å². The van der Waals surface area contributed by atoms with Gasteiger partial charge in [0.1, 0.15) is 16.4 Å². The number of hydrogen-bond donors (Lipinski definition) is 2. The first kappa shape index (κ1) is 15.0. The lowest BCUT2D eigenvalue weighted by Gasteiger charge is -2.21. The number of hydrogen-bond acceptors (Lipinski definition) is 5. The Bertz CT molecular complexity index is 759. The van der Waals surface area contributed by atoms with E-state index in [1.54, 1.807) is 18.2 Å². The number of nitrogen functional groups attached to an aromatic ring is 1. The Balaban J connectivity index is 2.54. The minimum Gasteiger partial charge on any atom is -0.508 e. The molecular formula is C14H16N2O4S. The molecule has 0 aliphatic rings. The van der Waals surface area contributed by atoms with Crippen molar-refractivity contribution >= 4 is 21.4 Å². The maximum atomic E-state index is 12.7. The molecule has 0 saturated heterocycles. The number of ether oxygens (including phenoxy) is 1. The second-order valence-corrected chi connectivity index (χ2v) is 6.34. The standard InChI is InChI=1S/C14H16N2O4S/c1-16(11-4-3-5-12(17)9-11)21(18,19)14-8-10(15)6-7-13(14)20-2/h3-9,17H,15H2,1-2H3. The smallest absolute Gasteiger partial charge is 0.267 e. The number of benzene rings is 2. The van der Waals surface area contributed by atoms with E-state index in [0.717, 1.165) is 4.31 Å². The van der Waals surface area contributed by atoms with Crippen LogP contribution in [0.3, 0.4) is 0 Å². The number of aromatic hydroxyl groups is 1. The number of phenols is 1. The summed E-state index contributed by atoms with van der Waals surface area (Å²) in [7, 11) is -1.07. The summed E-state index contributed by atoms with van der Waals surface area (Å²) in [6.07, 6.45) is 0. The quantitative estimate of drug-likeness (QED) is 0.840. The molecule has 0 bridgehead atoms. The lowest BCUT2D eigenvalue weighted by molar-refractivity contribution is 0.403. The average Bonchev–Trinajstić information content (AvgIpc) is 2.46. The van der Waals surface area contributed by atoms with Crippen LogP contribution in [0.5, 0.6) is 11.5 Å². The molecule has 0 radical (unpaired) electrons. The van der Waals surface area contributed by atoms with E-state index in [1.807, 2.05) is 0 Å². The molecule has 6 nitrogen and oxygen atoms in total. The van der Waals surface area contributed by atoms with E-state index in [2.05, 4.69) is 0 Å². The van der Waals surface area contributed by atoms with Crippen molar-refractivity contribution in [1.82, 2.24) is 0 Å². The molecule has 0 aliphatic heterocycles. The Labute approximate surface area is 123 Å². The monoisotopic (exact) mass is 308 g/mol. The Morgan fingerprint density at radius 1 is 1.19 bits per heavy atom. The summed E-state index contributed by atoms with van der Waals surface area (Å²) in [6, 6.07) is 10.4. The zero-order chi connectivity index (χ0) is 15.6. The lowest BCUT2D eigenvalue weighted by atomic mass is 10.3. The molecule has 7 heteroatoms. The molecule has 0 aliphatic carbocycles. The molecule has 0 spiro atoms. The van der Waals surface area contributed by atoms with Gasteiger partial charge in [-0.3, -0.25) is 4.31 Å². The van der Waals surface area contributed by atoms with Crippen molar-refractivity contribution in [2.45, 2.75) is 4.90 Å². The summed E-state index contributed by atoms with van der Waals surface area (Å²) in [5, 5.41) is 9.48. The zero-order valence-electron chi connectivity index (χ0n) is 11.6. The fourth-order valence-corrected chi connectivity index (χ4v) is 3.25. The number of methoxy groups -OCH3 is 1. The molecule has 0 heterocycles. The Kier molecular flexibility index (Phi) is 3.95. The highest BCUT2D eigenvalue weighted by atomic mass is 32.2. The fraction of sp³-hybridized carbons (Fsp3) is 0.143. The van der Waals surface area contributed by atoms with Crippen molar-refractivity contribution in [2.24, 2.45) is 0 Å². The second kappa shape index (κ2) is 5.53. The van der Waals surface area contributed by atoms with Crippen LogP contribution >= 0.6 is 0 Å². The number of nitrogens with zero attached hydrogens (tertiary/aromatic N) is 1. The zero-order valence-corrected chi connectivity index (χ0v) is 12.5. The van der Waals surface area contributed by atoms with Crippen LogP contribution < -0.4 is 14.8 Å². The molecule has 0 atom stereocenters. The summed E-state index contributed by atoms with van der Waals surface area (Å²) >= 11 is 0. The molecule has 0 amide bonds. The summed E-state index contributed by atoms with van der Waals surface area (Å²) in [6.45, 7) is 0. The molecule has 21 heavy (non-hydrogen) atoms. The highest BCUT2D eigenvalue weighted by Gasteiger charge is 2.25. The molecule has 0 fully saturated rings. The third kappa shape index (κ3) is 2.87. The largest absolute Gasteiger partial charge is 0.508 e. The first-order chi connectivity index (χ1) is 9.86. The van der Waals surface area contributed by atoms with Gasteiger partial charge < -0.3 is 15.6 Å². The normalized spacial score (nSPS) is 11.1. The maximum absolute atomic E-state index is 12.7. The second-order valence-electron chi connectivity index (χ2n) is 4.40. The van der Waals surface area contributed by atoms with Gasteiger partial charge in [0.2, 0.25) is 0 Å². The van der Waals surface area contributed by atoms with E-state index in [9.17, 15) is 13.5 Å². The van der Waals surface area contributed by atoms with Crippen molar-refractivity contribution < 1.29 is 18.3 Å². The van der Waals surface area contributed by atoms with Crippen LogP contribution in [0, 0.1) is 0 Å². The van der Waals surface area contributed by atoms with Crippen LogP contribution in [0.1, 0.15) is 0 Å². The van der Waals surface area contributed by atoms with Crippen molar-refractivity contribution in [3.8, 4) is 11.5 Å². The Morgan fingerprint density at radius 2 is 1.90 bits per heavy atom. The van der Waals surface area contributed by atoms with Crippen molar-refractivity contribution in [3.63, 3.8) is 0 Å². The van der Waals surface area contributed by atoms with Gasteiger partial charge in [0.15, 0.2) is 0 Å². The minimum absolute atomic E-state index is 0.0194. The maximum Gasteiger partial charge on any atom is 0.267 e. The van der Waals surface area contributed by atoms with Crippen molar-refractivity contribution in [2.75, 3.05) is 24.2 Å². The molecule has 2 aromatic carbocycles. The highest BCUT2D eigenvalue weighted by Crippen LogP contribution is 2.31. The van der Waals surface area contributed by atoms with E-state index in [4.69, 9.17) is 10.5 Å². The SMILES string of the molecule is COc1ccc(N)cc1S(=O)(=O)N(C)c1cccc(O)c1. The van der Waals surface area contributed by atoms with Gasteiger partial charge >= 0.3 is 0 Å². The number of sulfonamides is 1. The summed E-state index contributed by atoms with van der Waals surface area (Å²) < 4.78 is 31.5. The highest BCUT2D eigenvalue weighted by molar-refractivity contribution is 7.93. The molecule has 0 unspecified atom stereocenters. The van der Waals surface area contributed by atoms with Crippen LogP contribution in [0.25, 0.3) is 0 Å². The van der Waals surface area contributed by atoms with E-state index in [0.29, 0.717) is 11.4 Å². The van der Waals surface area contributed by atoms with Crippen molar-refractivity contribution in [3.05, 3.63) is 42.5 Å². The summed E-state index contributed by atoms with van der Waals surface area (Å²) in [5.74, 6) is 0.185. The molecular weight excluding hydrogens is 292 g/mol. The third-order valence-electron chi connectivity index (χ3n) is 3.02. The van der Waals surface area contributed by atoms with Crippen molar-refractivity contribution in [1.29, 1.82) is 0 Å². The summed E-state index contributed by atoms with van der Waals surface area (Å²) in [5.41, 5.74) is 6.31. The molecule has 3 N–H and O–H groups in total. The molecule has 112 valence electrons. The predicted molar refractivity (Wildman–Crippen MR) is 81.1 cm³/mol. The first-order valence-corrected chi connectivity index (χ1v) is 7.51. The molecule has 2 rings (SSSR count). The van der Waals surface area contributed by atoms with Gasteiger partial charge in [0.25, 0.3) is 10.0 Å². The minimum atomic E-state index is -3.86. The number of anilines is 2.